The molecule has 0 aromatic heterocycles. The number of aliphatic hydroxyl groups is 11. The molecule has 0 radical (unpaired) electrons. The summed E-state index contributed by atoms with van der Waals surface area (Å²) in [5, 5.41) is 119. The van der Waals surface area contributed by atoms with Crippen molar-refractivity contribution in [2.45, 2.75) is 169 Å². The second-order valence-corrected chi connectivity index (χ2v) is 14.2. The fraction of sp³-hybridized carbons (Fsp3) is 0.912. The molecule has 0 aliphatic carbocycles. The van der Waals surface area contributed by atoms with Gasteiger partial charge in [-0.3, -0.25) is 4.79 Å². The summed E-state index contributed by atoms with van der Waals surface area (Å²) < 4.78 is 47.1. The van der Waals surface area contributed by atoms with E-state index in [1.165, 1.54) is 13.8 Å². The first-order chi connectivity index (χ1) is 26.2. The molecule has 55 heavy (non-hydrogen) atoms. The molecule has 4 fully saturated rings. The number of hydrogen-bond donors (Lipinski definition) is 12. The minimum Gasteiger partial charge on any atom is -0.394 e. The first kappa shape index (κ1) is 46.1. The molecule has 0 aromatic rings. The number of carbonyl (C=O) groups excluding carboxylic acids is 1. The van der Waals surface area contributed by atoms with Crippen LogP contribution in [0.1, 0.15) is 46.0 Å². The Morgan fingerprint density at radius 2 is 1.09 bits per heavy atom. The molecule has 4 rings (SSSR count). The van der Waals surface area contributed by atoms with Gasteiger partial charge in [0.2, 0.25) is 5.91 Å². The van der Waals surface area contributed by atoms with E-state index < -0.39 is 148 Å². The average Bonchev–Trinajstić information content (AvgIpc) is 3.16. The van der Waals surface area contributed by atoms with Crippen LogP contribution in [0, 0.1) is 0 Å². The van der Waals surface area contributed by atoms with Gasteiger partial charge < -0.3 is 99.4 Å². The molecule has 0 bridgehead atoms. The lowest BCUT2D eigenvalue weighted by Crippen LogP contribution is -2.70. The first-order valence-corrected chi connectivity index (χ1v) is 18.5. The molecule has 1 amide bonds. The van der Waals surface area contributed by atoms with Crippen LogP contribution < -0.4 is 5.32 Å². The summed E-state index contributed by atoms with van der Waals surface area (Å²) in [6, 6.07) is -1.29. The van der Waals surface area contributed by atoms with Gasteiger partial charge in [0, 0.05) is 13.5 Å². The van der Waals surface area contributed by atoms with Crippen LogP contribution in [0.25, 0.3) is 0 Å². The number of nitrogens with one attached hydrogen (secondary N) is 1. The van der Waals surface area contributed by atoms with Gasteiger partial charge in [-0.25, -0.2) is 0 Å². The maximum absolute atomic E-state index is 12.5. The summed E-state index contributed by atoms with van der Waals surface area (Å²) in [4.78, 5) is 12.5. The monoisotopic (exact) mass is 801 g/mol. The Morgan fingerprint density at radius 3 is 1.69 bits per heavy atom. The molecule has 12 N–H and O–H groups in total. The van der Waals surface area contributed by atoms with Crippen molar-refractivity contribution in [3.8, 4) is 0 Å². The Bertz CT molecular complexity index is 1170. The topological polar surface area (TPSA) is 325 Å². The van der Waals surface area contributed by atoms with Gasteiger partial charge in [0.15, 0.2) is 25.2 Å². The predicted molar refractivity (Wildman–Crippen MR) is 181 cm³/mol. The van der Waals surface area contributed by atoms with Gasteiger partial charge in [-0.2, -0.15) is 0 Å². The highest BCUT2D eigenvalue weighted by Crippen LogP contribution is 2.36. The highest BCUT2D eigenvalue weighted by Gasteiger charge is 2.56. The van der Waals surface area contributed by atoms with Crippen LogP contribution in [0.4, 0.5) is 0 Å². The van der Waals surface area contributed by atoms with Crippen molar-refractivity contribution < 1.29 is 98.9 Å². The zero-order valence-electron chi connectivity index (χ0n) is 30.8. The molecule has 320 valence electrons. The lowest BCUT2D eigenvalue weighted by Gasteiger charge is -2.51. The molecule has 4 aliphatic heterocycles. The van der Waals surface area contributed by atoms with Crippen LogP contribution in [0.3, 0.4) is 0 Å². The Labute approximate surface area is 317 Å². The molecule has 0 saturated carbocycles. The van der Waals surface area contributed by atoms with Crippen molar-refractivity contribution in [1.29, 1.82) is 0 Å². The first-order valence-electron chi connectivity index (χ1n) is 18.5. The Morgan fingerprint density at radius 1 is 0.600 bits per heavy atom. The van der Waals surface area contributed by atoms with E-state index in [0.717, 1.165) is 25.7 Å². The third-order valence-electron chi connectivity index (χ3n) is 10.1. The summed E-state index contributed by atoms with van der Waals surface area (Å²) in [6.07, 6.45) is -26.2. The normalized spacial score (nSPS) is 45.3. The Balaban J connectivity index is 1.69. The highest BCUT2D eigenvalue weighted by molar-refractivity contribution is 5.73. The number of unbranched alkanes of at least 4 members (excludes halogenated alkanes) is 4. The highest BCUT2D eigenvalue weighted by atomic mass is 16.8. The van der Waals surface area contributed by atoms with Crippen molar-refractivity contribution in [1.82, 2.24) is 5.32 Å². The summed E-state index contributed by atoms with van der Waals surface area (Å²) >= 11 is 0. The van der Waals surface area contributed by atoms with E-state index in [0.29, 0.717) is 6.42 Å². The van der Waals surface area contributed by atoms with E-state index in [1.807, 2.05) is 6.08 Å². The van der Waals surface area contributed by atoms with Crippen LogP contribution in [0.5, 0.6) is 0 Å². The number of ether oxygens (including phenoxy) is 8. The van der Waals surface area contributed by atoms with Crippen LogP contribution in [-0.2, 0) is 42.7 Å². The van der Waals surface area contributed by atoms with Gasteiger partial charge in [-0.05, 0) is 26.2 Å². The molecular weight excluding hydrogens is 742 g/mol. The largest absolute Gasteiger partial charge is 0.394 e. The SMILES string of the molecule is C=CCCCCCCO[C@@H]1O[C@H](CO)[C@@H](O)[C@H](O[C@@H]2O[C@H](CO)[C@H](O)[C@H](O[C@@H]3O[C@H](CO)[C@H](O)[C@H](O)[C@H]3O)[C@H]2O[C@@H]2O[C@@H](C)[C@@H](O)[C@@H](O)[C@@H]2O)[C@H]1NC(C)=O. The fourth-order valence-electron chi connectivity index (χ4n) is 6.93. The van der Waals surface area contributed by atoms with Crippen molar-refractivity contribution >= 4 is 5.91 Å². The number of hydrogen-bond acceptors (Lipinski definition) is 20. The molecule has 4 saturated heterocycles. The summed E-state index contributed by atoms with van der Waals surface area (Å²) in [6.45, 7) is 3.95. The van der Waals surface area contributed by atoms with Crippen molar-refractivity contribution in [3.05, 3.63) is 12.7 Å². The van der Waals surface area contributed by atoms with Crippen LogP contribution >= 0.6 is 0 Å². The Kier molecular flexibility index (Phi) is 18.0. The average molecular weight is 802 g/mol. The lowest BCUT2D eigenvalue weighted by molar-refractivity contribution is -0.401. The van der Waals surface area contributed by atoms with Crippen LogP contribution in [0.15, 0.2) is 12.7 Å². The van der Waals surface area contributed by atoms with Gasteiger partial charge in [-0.15, -0.1) is 6.58 Å². The zero-order chi connectivity index (χ0) is 40.6. The third kappa shape index (κ3) is 11.1. The standard InChI is InChI=1S/C34H59NO20/c1-4-5-6-7-8-9-10-48-31-19(35-15(3)39)28(22(42)17(12-37)50-31)53-34-30(55-32-26(46)24(44)20(40)14(2)49-32)29(23(43)18(13-38)52-34)54-33-27(47)25(45)21(41)16(11-36)51-33/h4,14,16-34,36-38,40-47H,1,5-13H2,2-3H3,(H,35,39)/t14-,16+,17+,18+,19+,20+,21-,22+,23-,24+,25-,26-,27+,28+,29-,30+,31+,32-,33-,34-/m0/s1. The van der Waals surface area contributed by atoms with Gasteiger partial charge >= 0.3 is 0 Å². The van der Waals surface area contributed by atoms with E-state index in [4.69, 9.17) is 37.9 Å². The van der Waals surface area contributed by atoms with E-state index in [2.05, 4.69) is 11.9 Å². The van der Waals surface area contributed by atoms with Crippen LogP contribution in [0.2, 0.25) is 0 Å². The maximum Gasteiger partial charge on any atom is 0.217 e. The maximum atomic E-state index is 12.5. The van der Waals surface area contributed by atoms with Crippen molar-refractivity contribution in [3.63, 3.8) is 0 Å². The molecule has 4 heterocycles. The number of aliphatic hydroxyl groups excluding tert-OH is 11. The molecule has 0 unspecified atom stereocenters. The minimum atomic E-state index is -1.99. The van der Waals surface area contributed by atoms with E-state index >= 15 is 0 Å². The lowest BCUT2D eigenvalue weighted by atomic mass is 9.94. The van der Waals surface area contributed by atoms with E-state index in [1.54, 1.807) is 0 Å². The zero-order valence-corrected chi connectivity index (χ0v) is 30.8. The van der Waals surface area contributed by atoms with Gasteiger partial charge in [-0.1, -0.05) is 18.9 Å². The van der Waals surface area contributed by atoms with Gasteiger partial charge in [0.25, 0.3) is 0 Å². The number of allylic oxidation sites excluding steroid dienone is 1. The Hall–Kier alpha value is -1.55. The van der Waals surface area contributed by atoms with E-state index in [9.17, 15) is 61.0 Å². The quantitative estimate of drug-likeness (QED) is 0.0455. The molecule has 20 atom stereocenters. The molecule has 0 spiro atoms. The number of carbonyl (C=O) groups is 1. The number of amides is 1. The second-order valence-electron chi connectivity index (χ2n) is 14.2. The van der Waals surface area contributed by atoms with Gasteiger partial charge in [0.05, 0.1) is 25.9 Å². The predicted octanol–water partition coefficient (Wildman–Crippen LogP) is -5.42. The summed E-state index contributed by atoms with van der Waals surface area (Å²) in [5.41, 5.74) is 0. The van der Waals surface area contributed by atoms with E-state index in [-0.39, 0.29) is 6.61 Å². The summed E-state index contributed by atoms with van der Waals surface area (Å²) in [5.74, 6) is -0.597. The van der Waals surface area contributed by atoms with Crippen molar-refractivity contribution in [2.24, 2.45) is 0 Å². The van der Waals surface area contributed by atoms with Crippen molar-refractivity contribution in [2.75, 3.05) is 26.4 Å². The summed E-state index contributed by atoms with van der Waals surface area (Å²) in [7, 11) is 0. The molecule has 4 aliphatic rings. The minimum absolute atomic E-state index is 0.151. The van der Waals surface area contributed by atoms with Gasteiger partial charge in [0.1, 0.15) is 91.5 Å². The molecule has 21 nitrogen and oxygen atoms in total. The molecule has 0 aromatic carbocycles. The second kappa shape index (κ2) is 21.5. The molecule has 21 heteroatoms. The smallest absolute Gasteiger partial charge is 0.217 e. The van der Waals surface area contributed by atoms with Crippen LogP contribution in [-0.4, -0.2) is 211 Å². The fourth-order valence-corrected chi connectivity index (χ4v) is 6.93. The third-order valence-corrected chi connectivity index (χ3v) is 10.1. The molecular formula is C34H59NO20. The number of rotatable bonds is 18.